The molecular formula is C21H19BrFN3O3. The number of aromatic nitrogens is 2. The van der Waals surface area contributed by atoms with Crippen LogP contribution in [0.4, 0.5) is 4.39 Å². The molecule has 0 radical (unpaired) electrons. The summed E-state index contributed by atoms with van der Waals surface area (Å²) in [6, 6.07) is 7.84. The van der Waals surface area contributed by atoms with Crippen molar-refractivity contribution in [2.45, 2.75) is 31.9 Å². The van der Waals surface area contributed by atoms with Gasteiger partial charge < -0.3 is 14.1 Å². The lowest BCUT2D eigenvalue weighted by molar-refractivity contribution is 0.0266. The molecule has 0 N–H and O–H groups in total. The highest BCUT2D eigenvalue weighted by molar-refractivity contribution is 9.10. The lowest BCUT2D eigenvalue weighted by Crippen LogP contribution is -2.51. The third-order valence-electron chi connectivity index (χ3n) is 5.04. The van der Waals surface area contributed by atoms with Crippen molar-refractivity contribution < 1.29 is 18.3 Å². The first-order chi connectivity index (χ1) is 14.0. The van der Waals surface area contributed by atoms with Crippen LogP contribution < -0.4 is 4.74 Å². The highest BCUT2D eigenvalue weighted by atomic mass is 79.9. The van der Waals surface area contributed by atoms with Crippen molar-refractivity contribution in [3.63, 3.8) is 0 Å². The van der Waals surface area contributed by atoms with Crippen LogP contribution in [0.2, 0.25) is 0 Å². The second kappa shape index (κ2) is 8.32. The van der Waals surface area contributed by atoms with Crippen molar-refractivity contribution in [1.29, 1.82) is 0 Å². The van der Waals surface area contributed by atoms with Gasteiger partial charge in [-0.25, -0.2) is 14.4 Å². The monoisotopic (exact) mass is 459 g/mol. The van der Waals surface area contributed by atoms with Crippen LogP contribution in [0, 0.1) is 5.82 Å². The van der Waals surface area contributed by atoms with Gasteiger partial charge >= 0.3 is 0 Å². The number of carbonyl (C=O) groups excluding carboxylic acids is 1. The van der Waals surface area contributed by atoms with Crippen molar-refractivity contribution in [3.05, 3.63) is 64.8 Å². The number of ether oxygens (including phenoxy) is 1. The molecule has 1 aromatic carbocycles. The molecule has 150 valence electrons. The summed E-state index contributed by atoms with van der Waals surface area (Å²) in [5, 5.41) is 0. The van der Waals surface area contributed by atoms with Gasteiger partial charge in [0.2, 0.25) is 11.8 Å². The number of benzene rings is 1. The molecule has 6 nitrogen and oxygen atoms in total. The number of likely N-dealkylation sites (tertiary alicyclic amines) is 1. The van der Waals surface area contributed by atoms with E-state index in [-0.39, 0.29) is 35.1 Å². The normalized spacial score (nSPS) is 19.2. The predicted molar refractivity (Wildman–Crippen MR) is 108 cm³/mol. The Morgan fingerprint density at radius 2 is 2.17 bits per heavy atom. The number of piperidine rings is 1. The summed E-state index contributed by atoms with van der Waals surface area (Å²) in [6.45, 7) is 2.50. The molecule has 1 aliphatic heterocycles. The van der Waals surface area contributed by atoms with Crippen LogP contribution in [0.25, 0.3) is 11.5 Å². The number of carbonyl (C=O) groups is 1. The van der Waals surface area contributed by atoms with Crippen LogP contribution in [0.15, 0.2) is 57.9 Å². The predicted octanol–water partition coefficient (Wildman–Crippen LogP) is 4.71. The van der Waals surface area contributed by atoms with Crippen molar-refractivity contribution >= 4 is 21.8 Å². The maximum absolute atomic E-state index is 14.5. The average Bonchev–Trinajstić information content (AvgIpc) is 3.25. The molecule has 0 aliphatic carbocycles. The first kappa shape index (κ1) is 19.6. The van der Waals surface area contributed by atoms with Crippen LogP contribution in [0.3, 0.4) is 0 Å². The Hall–Kier alpha value is -2.74. The van der Waals surface area contributed by atoms with Gasteiger partial charge in [-0.05, 0) is 53.9 Å². The molecule has 0 saturated carbocycles. The second-order valence-corrected chi connectivity index (χ2v) is 7.77. The van der Waals surface area contributed by atoms with Crippen molar-refractivity contribution in [3.8, 4) is 17.3 Å². The van der Waals surface area contributed by atoms with Crippen molar-refractivity contribution in [2.75, 3.05) is 6.54 Å². The molecule has 29 heavy (non-hydrogen) atoms. The number of rotatable bonds is 4. The fourth-order valence-electron chi connectivity index (χ4n) is 3.56. The van der Waals surface area contributed by atoms with E-state index >= 15 is 0 Å². The molecule has 1 saturated heterocycles. The first-order valence-electron chi connectivity index (χ1n) is 9.32. The largest absolute Gasteiger partial charge is 0.472 e. The van der Waals surface area contributed by atoms with Crippen LogP contribution in [0.1, 0.15) is 30.1 Å². The van der Waals surface area contributed by atoms with Gasteiger partial charge in [-0.3, -0.25) is 4.79 Å². The highest BCUT2D eigenvalue weighted by Crippen LogP contribution is 2.30. The fraction of sp³-hybridized carbons (Fsp3) is 0.286. The summed E-state index contributed by atoms with van der Waals surface area (Å²) >= 11 is 3.35. The molecule has 2 aromatic heterocycles. The van der Waals surface area contributed by atoms with E-state index in [0.717, 1.165) is 17.3 Å². The number of halogens is 2. The molecule has 8 heteroatoms. The number of oxazole rings is 1. The minimum absolute atomic E-state index is 0.0762. The Kier molecular flexibility index (Phi) is 5.62. The molecule has 0 bridgehead atoms. The van der Waals surface area contributed by atoms with Gasteiger partial charge in [0.05, 0.1) is 23.4 Å². The van der Waals surface area contributed by atoms with E-state index in [9.17, 15) is 9.18 Å². The second-order valence-electron chi connectivity index (χ2n) is 6.85. The molecule has 1 aliphatic rings. The molecule has 0 spiro atoms. The molecular weight excluding hydrogens is 441 g/mol. The summed E-state index contributed by atoms with van der Waals surface area (Å²) < 4.78 is 26.7. The minimum Gasteiger partial charge on any atom is -0.472 e. The summed E-state index contributed by atoms with van der Waals surface area (Å²) in [5.74, 6) is -0.231. The van der Waals surface area contributed by atoms with Gasteiger partial charge in [0.15, 0.2) is 0 Å². The third kappa shape index (κ3) is 4.03. The van der Waals surface area contributed by atoms with E-state index < -0.39 is 5.82 Å². The number of hydrogen-bond acceptors (Lipinski definition) is 5. The Bertz CT molecular complexity index is 995. The SMILES string of the molecule is C[C@H]1[C@H](Oc2ccc(Br)cn2)CCCN1C(=O)c1cccc(F)c1-c1ncco1. The molecule has 0 unspecified atom stereocenters. The molecule has 2 atom stereocenters. The molecule has 4 rings (SSSR count). The Morgan fingerprint density at radius 1 is 1.31 bits per heavy atom. The van der Waals surface area contributed by atoms with E-state index in [1.807, 2.05) is 13.0 Å². The molecule has 3 heterocycles. The van der Waals surface area contributed by atoms with E-state index in [1.165, 1.54) is 24.6 Å². The van der Waals surface area contributed by atoms with Gasteiger partial charge in [-0.2, -0.15) is 0 Å². The smallest absolute Gasteiger partial charge is 0.255 e. The topological polar surface area (TPSA) is 68.5 Å². The Balaban J connectivity index is 1.59. The standard InChI is InChI=1S/C21H19BrFN3O3/c1-13-17(29-18-8-7-14(22)12-25-18)6-3-10-26(13)21(27)15-4-2-5-16(23)19(15)20-24-9-11-28-20/h2,4-5,7-9,11-13,17H,3,6,10H2,1H3/t13-,17+/m0/s1. The van der Waals surface area contributed by atoms with Gasteiger partial charge in [-0.1, -0.05) is 6.07 Å². The summed E-state index contributed by atoms with van der Waals surface area (Å²) in [7, 11) is 0. The third-order valence-corrected chi connectivity index (χ3v) is 5.51. The number of pyridine rings is 1. The number of amides is 1. The van der Waals surface area contributed by atoms with Crippen LogP contribution in [0.5, 0.6) is 5.88 Å². The summed E-state index contributed by atoms with van der Waals surface area (Å²) in [6.07, 6.45) is 5.82. The highest BCUT2D eigenvalue weighted by Gasteiger charge is 2.35. The Morgan fingerprint density at radius 3 is 2.90 bits per heavy atom. The lowest BCUT2D eigenvalue weighted by atomic mass is 9.97. The molecule has 3 aromatic rings. The van der Waals surface area contributed by atoms with E-state index in [1.54, 1.807) is 23.2 Å². The minimum atomic E-state index is -0.546. The van der Waals surface area contributed by atoms with Gasteiger partial charge in [0.25, 0.3) is 5.91 Å². The quantitative estimate of drug-likeness (QED) is 0.564. The van der Waals surface area contributed by atoms with Gasteiger partial charge in [0, 0.05) is 23.3 Å². The summed E-state index contributed by atoms with van der Waals surface area (Å²) in [5.41, 5.74) is 0.300. The van der Waals surface area contributed by atoms with Gasteiger partial charge in [0.1, 0.15) is 18.2 Å². The fourth-order valence-corrected chi connectivity index (χ4v) is 3.80. The van der Waals surface area contributed by atoms with E-state index in [2.05, 4.69) is 25.9 Å². The maximum Gasteiger partial charge on any atom is 0.255 e. The zero-order valence-corrected chi connectivity index (χ0v) is 17.3. The molecule has 1 amide bonds. The van der Waals surface area contributed by atoms with E-state index in [0.29, 0.717) is 12.4 Å². The van der Waals surface area contributed by atoms with Crippen LogP contribution >= 0.6 is 15.9 Å². The van der Waals surface area contributed by atoms with Gasteiger partial charge in [-0.15, -0.1) is 0 Å². The van der Waals surface area contributed by atoms with Crippen LogP contribution in [-0.4, -0.2) is 39.5 Å². The van der Waals surface area contributed by atoms with Crippen LogP contribution in [-0.2, 0) is 0 Å². The van der Waals surface area contributed by atoms with Crippen molar-refractivity contribution in [1.82, 2.24) is 14.9 Å². The number of nitrogens with zero attached hydrogens (tertiary/aromatic N) is 3. The van der Waals surface area contributed by atoms with E-state index in [4.69, 9.17) is 9.15 Å². The maximum atomic E-state index is 14.5. The summed E-state index contributed by atoms with van der Waals surface area (Å²) in [4.78, 5) is 23.3. The first-order valence-corrected chi connectivity index (χ1v) is 10.1. The Labute approximate surface area is 175 Å². The molecule has 1 fully saturated rings. The zero-order valence-electron chi connectivity index (χ0n) is 15.7. The zero-order chi connectivity index (χ0) is 20.4. The lowest BCUT2D eigenvalue weighted by Gasteiger charge is -2.39. The van der Waals surface area contributed by atoms with Crippen molar-refractivity contribution in [2.24, 2.45) is 0 Å². The average molecular weight is 460 g/mol. The number of hydrogen-bond donors (Lipinski definition) is 0.